The third kappa shape index (κ3) is 3.09. The molecule has 2 aliphatic rings. The second-order valence-electron chi connectivity index (χ2n) is 6.32. The molecule has 1 saturated carbocycles. The van der Waals surface area contributed by atoms with Gasteiger partial charge in [-0.2, -0.15) is 0 Å². The number of aliphatic hydroxyl groups is 1. The van der Waals surface area contributed by atoms with Crippen LogP contribution in [0.3, 0.4) is 0 Å². The Morgan fingerprint density at radius 1 is 1.23 bits per heavy atom. The molecule has 3 atom stereocenters. The average molecular weight is 306 g/mol. The smallest absolute Gasteiger partial charge is 0.317 e. The van der Waals surface area contributed by atoms with E-state index in [1.807, 2.05) is 12.1 Å². The van der Waals surface area contributed by atoms with Gasteiger partial charge in [0, 0.05) is 18.5 Å². The molecule has 1 aliphatic carbocycles. The fraction of sp³-hybridized carbons (Fsp3) is 0.588. The fourth-order valence-corrected chi connectivity index (χ4v) is 3.78. The Labute approximate surface area is 130 Å². The summed E-state index contributed by atoms with van der Waals surface area (Å²) in [7, 11) is 0. The lowest BCUT2D eigenvalue weighted by Crippen LogP contribution is -2.48. The van der Waals surface area contributed by atoms with Crippen molar-refractivity contribution in [3.05, 3.63) is 35.6 Å². The average Bonchev–Trinajstić information content (AvgIpc) is 3.16. The van der Waals surface area contributed by atoms with Gasteiger partial charge in [-0.25, -0.2) is 9.18 Å². The highest BCUT2D eigenvalue weighted by atomic mass is 19.1. The topological polar surface area (TPSA) is 52.6 Å². The maximum absolute atomic E-state index is 13.1. The Hall–Kier alpha value is -1.62. The van der Waals surface area contributed by atoms with Crippen LogP contribution >= 0.6 is 0 Å². The van der Waals surface area contributed by atoms with Crippen molar-refractivity contribution in [3.63, 3.8) is 0 Å². The quantitative estimate of drug-likeness (QED) is 0.902. The lowest BCUT2D eigenvalue weighted by molar-refractivity contribution is 0.154. The molecule has 1 aromatic carbocycles. The number of amides is 2. The minimum absolute atomic E-state index is 0.0273. The van der Waals surface area contributed by atoms with Crippen molar-refractivity contribution in [2.75, 3.05) is 13.2 Å². The van der Waals surface area contributed by atoms with Crippen molar-refractivity contribution in [3.8, 4) is 0 Å². The number of benzene rings is 1. The standard InChI is InChI=1S/C17H23FN2O2/c18-13-8-6-12(7-9-13)15-4-1-5-16(15)19-17(22)20-10-2-3-14(20)11-21/h6-9,14-16,21H,1-5,10-11H2,(H,19,22)/t14-,15?,16?/m0/s1. The SMILES string of the molecule is O=C(NC1CCCC1c1ccc(F)cc1)N1CCC[C@H]1CO. The number of aliphatic hydroxyl groups excluding tert-OH is 1. The van der Waals surface area contributed by atoms with Crippen molar-refractivity contribution in [2.45, 2.75) is 50.1 Å². The van der Waals surface area contributed by atoms with Gasteiger partial charge in [0.1, 0.15) is 5.82 Å². The zero-order chi connectivity index (χ0) is 15.5. The molecule has 4 nitrogen and oxygen atoms in total. The van der Waals surface area contributed by atoms with E-state index in [0.29, 0.717) is 6.54 Å². The van der Waals surface area contributed by atoms with Crippen LogP contribution in [0.25, 0.3) is 0 Å². The molecule has 1 saturated heterocycles. The molecule has 2 unspecified atom stereocenters. The van der Waals surface area contributed by atoms with E-state index in [1.165, 1.54) is 12.1 Å². The van der Waals surface area contributed by atoms with Gasteiger partial charge in [-0.1, -0.05) is 18.6 Å². The number of nitrogens with zero attached hydrogens (tertiary/aromatic N) is 1. The highest BCUT2D eigenvalue weighted by Gasteiger charge is 2.34. The molecule has 0 spiro atoms. The molecule has 0 aromatic heterocycles. The number of carbonyl (C=O) groups is 1. The Kier molecular flexibility index (Phi) is 4.62. The third-order valence-corrected chi connectivity index (χ3v) is 4.97. The molecule has 1 aromatic rings. The lowest BCUT2D eigenvalue weighted by Gasteiger charge is -2.28. The maximum Gasteiger partial charge on any atom is 0.317 e. The van der Waals surface area contributed by atoms with Crippen LogP contribution in [0.15, 0.2) is 24.3 Å². The largest absolute Gasteiger partial charge is 0.394 e. The van der Waals surface area contributed by atoms with E-state index in [-0.39, 0.29) is 36.5 Å². The van der Waals surface area contributed by atoms with Crippen LogP contribution < -0.4 is 5.32 Å². The van der Waals surface area contributed by atoms with E-state index >= 15 is 0 Å². The molecular weight excluding hydrogens is 283 g/mol. The number of hydrogen-bond acceptors (Lipinski definition) is 2. The van der Waals surface area contributed by atoms with Crippen LogP contribution in [0, 0.1) is 5.82 Å². The highest BCUT2D eigenvalue weighted by Crippen LogP contribution is 2.35. The fourth-order valence-electron chi connectivity index (χ4n) is 3.78. The van der Waals surface area contributed by atoms with Gasteiger partial charge in [-0.05, 0) is 43.4 Å². The van der Waals surface area contributed by atoms with Gasteiger partial charge < -0.3 is 15.3 Å². The minimum Gasteiger partial charge on any atom is -0.394 e. The Balaban J connectivity index is 1.66. The number of nitrogens with one attached hydrogen (secondary N) is 1. The number of urea groups is 1. The highest BCUT2D eigenvalue weighted by molar-refractivity contribution is 5.75. The summed E-state index contributed by atoms with van der Waals surface area (Å²) in [5.74, 6) is 0.0184. The molecule has 0 radical (unpaired) electrons. The van der Waals surface area contributed by atoms with E-state index in [9.17, 15) is 14.3 Å². The number of rotatable bonds is 3. The molecule has 3 rings (SSSR count). The zero-order valence-electron chi connectivity index (χ0n) is 12.7. The summed E-state index contributed by atoms with van der Waals surface area (Å²) in [6, 6.07) is 6.57. The number of hydrogen-bond donors (Lipinski definition) is 2. The molecule has 120 valence electrons. The molecule has 22 heavy (non-hydrogen) atoms. The van der Waals surface area contributed by atoms with Gasteiger partial charge in [-0.15, -0.1) is 0 Å². The van der Waals surface area contributed by atoms with Crippen molar-refractivity contribution < 1.29 is 14.3 Å². The third-order valence-electron chi connectivity index (χ3n) is 4.97. The van der Waals surface area contributed by atoms with E-state index < -0.39 is 0 Å². The molecule has 2 N–H and O–H groups in total. The zero-order valence-corrected chi connectivity index (χ0v) is 12.7. The molecular formula is C17H23FN2O2. The van der Waals surface area contributed by atoms with Crippen LogP contribution in [0.4, 0.5) is 9.18 Å². The summed E-state index contributed by atoms with van der Waals surface area (Å²) in [5.41, 5.74) is 1.09. The summed E-state index contributed by atoms with van der Waals surface area (Å²) in [5, 5.41) is 12.5. The molecule has 2 fully saturated rings. The summed E-state index contributed by atoms with van der Waals surface area (Å²) in [4.78, 5) is 14.2. The van der Waals surface area contributed by atoms with Gasteiger partial charge in [-0.3, -0.25) is 0 Å². The number of halogens is 1. The first-order valence-electron chi connectivity index (χ1n) is 8.12. The normalized spacial score (nSPS) is 28.1. The maximum atomic E-state index is 13.1. The van der Waals surface area contributed by atoms with E-state index in [1.54, 1.807) is 4.90 Å². The first kappa shape index (κ1) is 15.3. The van der Waals surface area contributed by atoms with Gasteiger partial charge in [0.15, 0.2) is 0 Å². The van der Waals surface area contributed by atoms with Gasteiger partial charge in [0.2, 0.25) is 0 Å². The Morgan fingerprint density at radius 3 is 2.73 bits per heavy atom. The van der Waals surface area contributed by atoms with Crippen LogP contribution in [-0.2, 0) is 0 Å². The molecule has 2 amide bonds. The minimum atomic E-state index is -0.231. The second kappa shape index (κ2) is 6.65. The van der Waals surface area contributed by atoms with Crippen molar-refractivity contribution in [2.24, 2.45) is 0 Å². The van der Waals surface area contributed by atoms with Crippen LogP contribution in [-0.4, -0.2) is 41.3 Å². The van der Waals surface area contributed by atoms with E-state index in [0.717, 1.165) is 37.7 Å². The molecule has 1 aliphatic heterocycles. The van der Waals surface area contributed by atoms with Crippen molar-refractivity contribution >= 4 is 6.03 Å². The van der Waals surface area contributed by atoms with Gasteiger partial charge in [0.05, 0.1) is 12.6 Å². The van der Waals surface area contributed by atoms with E-state index in [4.69, 9.17) is 0 Å². The van der Waals surface area contributed by atoms with E-state index in [2.05, 4.69) is 5.32 Å². The van der Waals surface area contributed by atoms with Crippen molar-refractivity contribution in [1.82, 2.24) is 10.2 Å². The lowest BCUT2D eigenvalue weighted by atomic mass is 9.94. The monoisotopic (exact) mass is 306 g/mol. The Bertz CT molecular complexity index is 520. The molecule has 5 heteroatoms. The van der Waals surface area contributed by atoms with Crippen molar-refractivity contribution in [1.29, 1.82) is 0 Å². The van der Waals surface area contributed by atoms with Crippen LogP contribution in [0.2, 0.25) is 0 Å². The Morgan fingerprint density at radius 2 is 2.00 bits per heavy atom. The van der Waals surface area contributed by atoms with Gasteiger partial charge in [0.25, 0.3) is 0 Å². The molecule has 0 bridgehead atoms. The van der Waals surface area contributed by atoms with Crippen LogP contribution in [0.5, 0.6) is 0 Å². The first-order valence-corrected chi connectivity index (χ1v) is 8.12. The number of carbonyl (C=O) groups excluding carboxylic acids is 1. The summed E-state index contributed by atoms with van der Waals surface area (Å²) >= 11 is 0. The van der Waals surface area contributed by atoms with Gasteiger partial charge >= 0.3 is 6.03 Å². The summed E-state index contributed by atoms with van der Waals surface area (Å²) in [6.07, 6.45) is 4.85. The van der Waals surface area contributed by atoms with Crippen LogP contribution in [0.1, 0.15) is 43.6 Å². The number of likely N-dealkylation sites (tertiary alicyclic amines) is 1. The second-order valence-corrected chi connectivity index (χ2v) is 6.32. The first-order chi connectivity index (χ1) is 10.7. The summed E-state index contributed by atoms with van der Waals surface area (Å²) in [6.45, 7) is 0.741. The predicted octanol–water partition coefficient (Wildman–Crippen LogP) is 2.63. The molecule has 1 heterocycles. The summed E-state index contributed by atoms with van der Waals surface area (Å²) < 4.78 is 13.1. The predicted molar refractivity (Wildman–Crippen MR) is 82.1 cm³/mol.